The van der Waals surface area contributed by atoms with E-state index < -0.39 is 0 Å². The zero-order valence-corrected chi connectivity index (χ0v) is 5.90. The number of nitrogens with zero attached hydrogens (tertiary/aromatic N) is 2. The van der Waals surface area contributed by atoms with Gasteiger partial charge in [0.05, 0.1) is 5.71 Å². The zero-order valence-electron chi connectivity index (χ0n) is 5.09. The Morgan fingerprint density at radius 2 is 2.22 bits per heavy atom. The summed E-state index contributed by atoms with van der Waals surface area (Å²) in [4.78, 5) is 7.67. The minimum atomic E-state index is 0.351. The molecule has 1 rings (SSSR count). The lowest BCUT2D eigenvalue weighted by Gasteiger charge is -1.89. The molecule has 0 amide bonds. The molecule has 0 unspecified atom stereocenters. The molecule has 0 atom stereocenters. The van der Waals surface area contributed by atoms with E-state index in [0.29, 0.717) is 10.9 Å². The molecule has 48 valence electrons. The molecule has 0 bridgehead atoms. The first-order valence-corrected chi connectivity index (χ1v) is 3.11. The molecule has 2 N–H and O–H groups in total. The third-order valence-electron chi connectivity index (χ3n) is 1.08. The molecule has 0 aromatic carbocycles. The predicted molar refractivity (Wildman–Crippen MR) is 41.9 cm³/mol. The van der Waals surface area contributed by atoms with Crippen molar-refractivity contribution in [1.29, 1.82) is 0 Å². The Bertz CT molecular complexity index is 204. The Morgan fingerprint density at radius 3 is 2.44 bits per heavy atom. The lowest BCUT2D eigenvalue weighted by molar-refractivity contribution is 1.30. The van der Waals surface area contributed by atoms with Crippen LogP contribution in [0.25, 0.3) is 0 Å². The molecule has 0 fully saturated rings. The molecule has 4 heteroatoms. The molecular formula is C5H7N3S. The SMILES string of the molecule is CCC1=NC(=S)N=C1N. The van der Waals surface area contributed by atoms with Gasteiger partial charge in [0, 0.05) is 0 Å². The van der Waals surface area contributed by atoms with Crippen LogP contribution in [0.15, 0.2) is 9.98 Å². The van der Waals surface area contributed by atoms with Crippen molar-refractivity contribution in [1.82, 2.24) is 0 Å². The fourth-order valence-electron chi connectivity index (χ4n) is 0.625. The van der Waals surface area contributed by atoms with Crippen LogP contribution in [-0.4, -0.2) is 16.7 Å². The van der Waals surface area contributed by atoms with Crippen molar-refractivity contribution in [3.05, 3.63) is 0 Å². The Kier molecular flexibility index (Phi) is 1.57. The van der Waals surface area contributed by atoms with Gasteiger partial charge < -0.3 is 5.73 Å². The molecule has 0 spiro atoms. The highest BCUT2D eigenvalue weighted by Gasteiger charge is 2.10. The molecular weight excluding hydrogens is 134 g/mol. The molecule has 9 heavy (non-hydrogen) atoms. The van der Waals surface area contributed by atoms with Crippen LogP contribution in [0.3, 0.4) is 0 Å². The van der Waals surface area contributed by atoms with Crippen molar-refractivity contribution in [2.75, 3.05) is 0 Å². The van der Waals surface area contributed by atoms with E-state index in [9.17, 15) is 0 Å². The Morgan fingerprint density at radius 1 is 1.56 bits per heavy atom. The summed E-state index contributed by atoms with van der Waals surface area (Å²) in [7, 11) is 0. The topological polar surface area (TPSA) is 50.7 Å². The first-order valence-electron chi connectivity index (χ1n) is 2.70. The first-order chi connectivity index (χ1) is 4.24. The Hall–Kier alpha value is -0.770. The average molecular weight is 141 g/mol. The normalized spacial score (nSPS) is 17.7. The number of thiocarbonyl (C=S) groups is 1. The maximum atomic E-state index is 5.41. The van der Waals surface area contributed by atoms with E-state index in [2.05, 4.69) is 22.2 Å². The lowest BCUT2D eigenvalue weighted by atomic mass is 10.3. The summed E-state index contributed by atoms with van der Waals surface area (Å²) in [6.45, 7) is 1.97. The second-order valence-corrected chi connectivity index (χ2v) is 2.06. The standard InChI is InChI=1S/C5H7N3S/c1-2-3-4(6)8-5(9)7-3/h2H2,1H3,(H2,6,8,9). The van der Waals surface area contributed by atoms with Gasteiger partial charge in [0.1, 0.15) is 5.84 Å². The molecule has 0 aliphatic carbocycles. The van der Waals surface area contributed by atoms with Crippen molar-refractivity contribution in [2.45, 2.75) is 13.3 Å². The summed E-state index contributed by atoms with van der Waals surface area (Å²) in [5, 5.41) is 0.351. The molecule has 0 saturated heterocycles. The molecule has 0 aromatic rings. The maximum absolute atomic E-state index is 5.41. The molecule has 0 radical (unpaired) electrons. The summed E-state index contributed by atoms with van der Waals surface area (Å²) >= 11 is 4.68. The number of amidine groups is 1. The Labute approximate surface area is 58.7 Å². The molecule has 1 aliphatic heterocycles. The van der Waals surface area contributed by atoms with E-state index in [-0.39, 0.29) is 0 Å². The molecule has 3 nitrogen and oxygen atoms in total. The van der Waals surface area contributed by atoms with Crippen molar-refractivity contribution in [3.8, 4) is 0 Å². The fraction of sp³-hybridized carbons (Fsp3) is 0.400. The summed E-state index contributed by atoms with van der Waals surface area (Å²) < 4.78 is 0. The minimum absolute atomic E-state index is 0.351. The second-order valence-electron chi connectivity index (χ2n) is 1.69. The highest BCUT2D eigenvalue weighted by molar-refractivity contribution is 7.80. The van der Waals surface area contributed by atoms with Gasteiger partial charge in [0.2, 0.25) is 5.11 Å². The number of nitrogens with two attached hydrogens (primary N) is 1. The summed E-state index contributed by atoms with van der Waals surface area (Å²) in [6, 6.07) is 0. The summed E-state index contributed by atoms with van der Waals surface area (Å²) in [5.41, 5.74) is 6.22. The van der Waals surface area contributed by atoms with Crippen LogP contribution in [-0.2, 0) is 0 Å². The summed E-state index contributed by atoms with van der Waals surface area (Å²) in [5.74, 6) is 0.475. The Balaban J connectivity index is 2.87. The average Bonchev–Trinajstić information content (AvgIpc) is 2.10. The van der Waals surface area contributed by atoms with E-state index in [1.807, 2.05) is 6.92 Å². The van der Waals surface area contributed by atoms with Crippen LogP contribution in [0.5, 0.6) is 0 Å². The second kappa shape index (κ2) is 2.23. The van der Waals surface area contributed by atoms with E-state index in [1.165, 1.54) is 0 Å². The largest absolute Gasteiger partial charge is 0.382 e. The van der Waals surface area contributed by atoms with Crippen molar-refractivity contribution in [2.24, 2.45) is 15.7 Å². The van der Waals surface area contributed by atoms with Gasteiger partial charge in [-0.1, -0.05) is 6.92 Å². The molecule has 0 saturated carbocycles. The van der Waals surface area contributed by atoms with Crippen molar-refractivity contribution in [3.63, 3.8) is 0 Å². The summed E-state index contributed by atoms with van der Waals surface area (Å²) in [6.07, 6.45) is 0.801. The van der Waals surface area contributed by atoms with Crippen LogP contribution in [0.1, 0.15) is 13.3 Å². The highest BCUT2D eigenvalue weighted by atomic mass is 32.1. The fourth-order valence-corrected chi connectivity index (χ4v) is 0.834. The third kappa shape index (κ3) is 1.13. The third-order valence-corrected chi connectivity index (χ3v) is 1.26. The van der Waals surface area contributed by atoms with Gasteiger partial charge in [0.25, 0.3) is 0 Å². The molecule has 0 aromatic heterocycles. The van der Waals surface area contributed by atoms with Crippen LogP contribution >= 0.6 is 12.2 Å². The van der Waals surface area contributed by atoms with Crippen LogP contribution in [0.2, 0.25) is 0 Å². The van der Waals surface area contributed by atoms with E-state index in [4.69, 9.17) is 5.73 Å². The number of aliphatic imine (C=N–C) groups is 2. The van der Waals surface area contributed by atoms with E-state index in [1.54, 1.807) is 0 Å². The van der Waals surface area contributed by atoms with Gasteiger partial charge in [-0.05, 0) is 18.6 Å². The van der Waals surface area contributed by atoms with Gasteiger partial charge in [-0.25, -0.2) is 4.99 Å². The number of hydrogen-bond acceptors (Lipinski definition) is 2. The highest BCUT2D eigenvalue weighted by Crippen LogP contribution is 1.98. The quantitative estimate of drug-likeness (QED) is 0.540. The van der Waals surface area contributed by atoms with Crippen LogP contribution in [0.4, 0.5) is 0 Å². The van der Waals surface area contributed by atoms with Gasteiger partial charge in [-0.3, -0.25) is 0 Å². The zero-order chi connectivity index (χ0) is 6.85. The van der Waals surface area contributed by atoms with E-state index in [0.717, 1.165) is 12.1 Å². The number of rotatable bonds is 1. The van der Waals surface area contributed by atoms with Crippen molar-refractivity contribution < 1.29 is 0 Å². The molecule has 1 aliphatic rings. The van der Waals surface area contributed by atoms with Crippen molar-refractivity contribution >= 4 is 28.9 Å². The molecule has 1 heterocycles. The first kappa shape index (κ1) is 6.35. The van der Waals surface area contributed by atoms with Gasteiger partial charge in [-0.15, -0.1) is 0 Å². The number of hydrogen-bond donors (Lipinski definition) is 1. The maximum Gasteiger partial charge on any atom is 0.221 e. The van der Waals surface area contributed by atoms with Gasteiger partial charge in [-0.2, -0.15) is 4.99 Å². The smallest absolute Gasteiger partial charge is 0.221 e. The van der Waals surface area contributed by atoms with E-state index >= 15 is 0 Å². The monoisotopic (exact) mass is 141 g/mol. The predicted octanol–water partition coefficient (Wildman–Crippen LogP) is 0.493. The lowest BCUT2D eigenvalue weighted by Crippen LogP contribution is -2.19. The van der Waals surface area contributed by atoms with Crippen LogP contribution < -0.4 is 5.73 Å². The minimum Gasteiger partial charge on any atom is -0.382 e. The van der Waals surface area contributed by atoms with Gasteiger partial charge >= 0.3 is 0 Å². The van der Waals surface area contributed by atoms with Gasteiger partial charge in [0.15, 0.2) is 0 Å². The van der Waals surface area contributed by atoms with Crippen LogP contribution in [0, 0.1) is 0 Å².